The summed E-state index contributed by atoms with van der Waals surface area (Å²) in [5.74, 6) is -2.84. The van der Waals surface area contributed by atoms with Crippen LogP contribution in [0.5, 0.6) is 0 Å². The second-order valence-electron chi connectivity index (χ2n) is 8.01. The first-order valence-corrected chi connectivity index (χ1v) is 11.5. The summed E-state index contributed by atoms with van der Waals surface area (Å²) in [5, 5.41) is 10.2. The zero-order valence-corrected chi connectivity index (χ0v) is 20.7. The van der Waals surface area contributed by atoms with E-state index in [0.29, 0.717) is 42.0 Å². The molecule has 0 aromatic heterocycles. The van der Waals surface area contributed by atoms with Gasteiger partial charge < -0.3 is 24.7 Å². The van der Waals surface area contributed by atoms with Gasteiger partial charge in [0.15, 0.2) is 5.41 Å². The number of methoxy groups -OCH3 is 2. The van der Waals surface area contributed by atoms with Crippen LogP contribution in [-0.2, 0) is 38.7 Å². The maximum absolute atomic E-state index is 14.4. The number of carbonyl (C=O) groups is 3. The van der Waals surface area contributed by atoms with Crippen LogP contribution in [0.2, 0.25) is 0 Å². The number of nitrogens with two attached hydrogens (primary N) is 1. The molecule has 184 valence electrons. The van der Waals surface area contributed by atoms with Gasteiger partial charge in [0.2, 0.25) is 11.8 Å². The molecule has 0 bridgehead atoms. The highest BCUT2D eigenvalue weighted by Crippen LogP contribution is 2.55. The summed E-state index contributed by atoms with van der Waals surface area (Å²) in [6.45, 7) is 2.42. The van der Waals surface area contributed by atoms with Gasteiger partial charge in [-0.3, -0.25) is 19.4 Å². The third kappa shape index (κ3) is 3.95. The molecular weight excluding hydrogens is 524 g/mol. The molecule has 1 spiro atoms. The van der Waals surface area contributed by atoms with Gasteiger partial charge >= 0.3 is 11.9 Å². The molecule has 2 N–H and O–H groups in total. The first kappa shape index (κ1) is 24.7. The average molecular weight is 547 g/mol. The van der Waals surface area contributed by atoms with Crippen LogP contribution in [0, 0.1) is 11.3 Å². The molecule has 12 heteroatoms. The van der Waals surface area contributed by atoms with Gasteiger partial charge in [0.1, 0.15) is 29.4 Å². The Morgan fingerprint density at radius 1 is 1.26 bits per heavy atom. The summed E-state index contributed by atoms with van der Waals surface area (Å²) in [5.41, 5.74) is 4.44. The third-order valence-electron chi connectivity index (χ3n) is 6.21. The lowest BCUT2D eigenvalue weighted by Crippen LogP contribution is -2.52. The molecule has 1 aromatic carbocycles. The summed E-state index contributed by atoms with van der Waals surface area (Å²) in [7, 11) is 2.32. The first-order valence-electron chi connectivity index (χ1n) is 10.7. The van der Waals surface area contributed by atoms with Crippen LogP contribution in [0.25, 0.3) is 0 Å². The molecule has 1 aromatic rings. The molecule has 3 heterocycles. The monoisotopic (exact) mass is 546 g/mol. The predicted octanol–water partition coefficient (Wildman–Crippen LogP) is 1.04. The SMILES string of the molecule is COC(=O)CC1=C(C(=O)OC)C2(C(=O)N(CN3CCOCC3)c3ccc(Br)cc32)C(C#N)=C(N)O1. The molecule has 4 rings (SSSR count). The van der Waals surface area contributed by atoms with Crippen molar-refractivity contribution in [1.29, 1.82) is 5.26 Å². The highest BCUT2D eigenvalue weighted by Gasteiger charge is 2.62. The van der Waals surface area contributed by atoms with E-state index in [-0.39, 0.29) is 29.5 Å². The number of nitriles is 1. The van der Waals surface area contributed by atoms with Crippen molar-refractivity contribution < 1.29 is 33.3 Å². The minimum atomic E-state index is -1.97. The Labute approximate surface area is 209 Å². The summed E-state index contributed by atoms with van der Waals surface area (Å²) in [6, 6.07) is 7.11. The van der Waals surface area contributed by atoms with E-state index in [1.54, 1.807) is 18.2 Å². The number of hydrogen-bond acceptors (Lipinski definition) is 10. The van der Waals surface area contributed by atoms with Gasteiger partial charge in [-0.05, 0) is 18.2 Å². The molecule has 1 saturated heterocycles. The average Bonchev–Trinajstić information content (AvgIpc) is 3.07. The van der Waals surface area contributed by atoms with E-state index >= 15 is 0 Å². The molecule has 0 saturated carbocycles. The summed E-state index contributed by atoms with van der Waals surface area (Å²) in [4.78, 5) is 43.3. The number of benzene rings is 1. The van der Waals surface area contributed by atoms with Gasteiger partial charge in [0.25, 0.3) is 0 Å². The third-order valence-corrected chi connectivity index (χ3v) is 6.70. The Bertz CT molecular complexity index is 1200. The molecule has 1 unspecified atom stereocenters. The molecular formula is C23H23BrN4O7. The van der Waals surface area contributed by atoms with Crippen molar-refractivity contribution in [2.75, 3.05) is 52.1 Å². The molecule has 0 radical (unpaired) electrons. The maximum atomic E-state index is 14.4. The highest BCUT2D eigenvalue weighted by molar-refractivity contribution is 9.10. The van der Waals surface area contributed by atoms with Crippen LogP contribution in [0.15, 0.2) is 45.5 Å². The number of hydrogen-bond donors (Lipinski definition) is 1. The van der Waals surface area contributed by atoms with E-state index < -0.39 is 29.7 Å². The van der Waals surface area contributed by atoms with Crippen molar-refractivity contribution >= 4 is 39.5 Å². The minimum absolute atomic E-state index is 0.193. The summed E-state index contributed by atoms with van der Waals surface area (Å²) >= 11 is 3.43. The van der Waals surface area contributed by atoms with Crippen molar-refractivity contribution in [2.24, 2.45) is 5.73 Å². The van der Waals surface area contributed by atoms with Gasteiger partial charge in [-0.15, -0.1) is 0 Å². The van der Waals surface area contributed by atoms with Crippen molar-refractivity contribution in [3.05, 3.63) is 51.0 Å². The number of esters is 2. The molecule has 1 fully saturated rings. The summed E-state index contributed by atoms with van der Waals surface area (Å²) < 4.78 is 21.3. The van der Waals surface area contributed by atoms with E-state index in [2.05, 4.69) is 15.9 Å². The molecule has 3 aliphatic rings. The van der Waals surface area contributed by atoms with E-state index in [4.69, 9.17) is 24.7 Å². The fraction of sp³-hybridized carbons (Fsp3) is 0.391. The zero-order chi connectivity index (χ0) is 25.3. The summed E-state index contributed by atoms with van der Waals surface area (Å²) in [6.07, 6.45) is -0.498. The fourth-order valence-electron chi connectivity index (χ4n) is 4.63. The second-order valence-corrected chi connectivity index (χ2v) is 8.93. The lowest BCUT2D eigenvalue weighted by Gasteiger charge is -2.36. The van der Waals surface area contributed by atoms with E-state index in [1.165, 1.54) is 12.0 Å². The Morgan fingerprint density at radius 2 is 1.97 bits per heavy atom. The molecule has 3 aliphatic heterocycles. The van der Waals surface area contributed by atoms with Crippen LogP contribution < -0.4 is 10.6 Å². The van der Waals surface area contributed by atoms with Gasteiger partial charge in [0.05, 0.1) is 39.8 Å². The first-order chi connectivity index (χ1) is 16.8. The number of halogens is 1. The minimum Gasteiger partial charge on any atom is -0.469 e. The van der Waals surface area contributed by atoms with Crippen LogP contribution in [-0.4, -0.2) is 69.9 Å². The maximum Gasteiger partial charge on any atom is 0.339 e. The number of carbonyl (C=O) groups excluding carboxylic acids is 3. The van der Waals surface area contributed by atoms with Gasteiger partial charge in [-0.2, -0.15) is 5.26 Å². The van der Waals surface area contributed by atoms with Crippen LogP contribution in [0.4, 0.5) is 5.69 Å². The lowest BCUT2D eigenvalue weighted by atomic mass is 9.68. The van der Waals surface area contributed by atoms with E-state index in [9.17, 15) is 19.6 Å². The number of fused-ring (bicyclic) bond motifs is 2. The lowest BCUT2D eigenvalue weighted by molar-refractivity contribution is -0.141. The number of ether oxygens (including phenoxy) is 4. The normalized spacial score (nSPS) is 22.1. The smallest absolute Gasteiger partial charge is 0.339 e. The van der Waals surface area contributed by atoms with Crippen LogP contribution in [0.3, 0.4) is 0 Å². The number of rotatable bonds is 5. The molecule has 1 atom stereocenters. The Kier molecular flexibility index (Phi) is 6.84. The molecule has 1 amide bonds. The van der Waals surface area contributed by atoms with E-state index in [0.717, 1.165) is 7.11 Å². The Balaban J connectivity index is 2.00. The Morgan fingerprint density at radius 3 is 2.60 bits per heavy atom. The number of nitrogens with zero attached hydrogens (tertiary/aromatic N) is 3. The Hall–Kier alpha value is -3.40. The second kappa shape index (κ2) is 9.69. The molecule has 11 nitrogen and oxygen atoms in total. The number of anilines is 1. The molecule has 35 heavy (non-hydrogen) atoms. The topological polar surface area (TPSA) is 144 Å². The van der Waals surface area contributed by atoms with Crippen molar-refractivity contribution in [1.82, 2.24) is 4.90 Å². The fourth-order valence-corrected chi connectivity index (χ4v) is 4.99. The number of morpholine rings is 1. The largest absolute Gasteiger partial charge is 0.469 e. The quantitative estimate of drug-likeness (QED) is 0.531. The molecule has 0 aliphatic carbocycles. The van der Waals surface area contributed by atoms with Crippen molar-refractivity contribution in [3.63, 3.8) is 0 Å². The predicted molar refractivity (Wildman–Crippen MR) is 124 cm³/mol. The van der Waals surface area contributed by atoms with Gasteiger partial charge in [-0.1, -0.05) is 15.9 Å². The highest BCUT2D eigenvalue weighted by atomic mass is 79.9. The van der Waals surface area contributed by atoms with Crippen molar-refractivity contribution in [2.45, 2.75) is 11.8 Å². The van der Waals surface area contributed by atoms with Gasteiger partial charge in [0, 0.05) is 23.1 Å². The zero-order valence-electron chi connectivity index (χ0n) is 19.1. The van der Waals surface area contributed by atoms with Gasteiger partial charge in [-0.25, -0.2) is 4.79 Å². The number of amides is 1. The standard InChI is InChI=1S/C23H23BrN4O7/c1-32-18(29)10-17-19(21(30)33-2)23(15(11-25)20(26)35-17)14-9-13(24)3-4-16(14)28(22(23)31)12-27-5-7-34-8-6-27/h3-4,9H,5-8,10,12,26H2,1-2H3. The van der Waals surface area contributed by atoms with E-state index in [1.807, 2.05) is 11.0 Å². The van der Waals surface area contributed by atoms with Crippen LogP contribution >= 0.6 is 15.9 Å². The van der Waals surface area contributed by atoms with Crippen molar-refractivity contribution in [3.8, 4) is 6.07 Å². The van der Waals surface area contributed by atoms with Crippen LogP contribution in [0.1, 0.15) is 12.0 Å².